The van der Waals surface area contributed by atoms with Crippen molar-refractivity contribution in [1.29, 1.82) is 0 Å². The van der Waals surface area contributed by atoms with Crippen LogP contribution in [0.15, 0.2) is 57.9 Å². The first-order valence-electron chi connectivity index (χ1n) is 9.39. The number of hydrogen-bond acceptors (Lipinski definition) is 5. The van der Waals surface area contributed by atoms with Crippen LogP contribution in [-0.4, -0.2) is 37.5 Å². The zero-order valence-electron chi connectivity index (χ0n) is 16.5. The molecule has 0 unspecified atom stereocenters. The van der Waals surface area contributed by atoms with E-state index in [0.29, 0.717) is 28.0 Å². The van der Waals surface area contributed by atoms with Crippen molar-refractivity contribution in [1.82, 2.24) is 10.1 Å². The summed E-state index contributed by atoms with van der Waals surface area (Å²) in [6.45, 7) is 2.71. The van der Waals surface area contributed by atoms with E-state index in [4.69, 9.17) is 4.52 Å². The molecular formula is C21H21F2N3O3S. The average Bonchev–Trinajstić information content (AvgIpc) is 2.98. The molecule has 4 rings (SSSR count). The van der Waals surface area contributed by atoms with Gasteiger partial charge in [-0.05, 0) is 25.0 Å². The molecule has 1 aromatic heterocycles. The third-order valence-corrected chi connectivity index (χ3v) is 6.62. The van der Waals surface area contributed by atoms with Gasteiger partial charge in [-0.1, -0.05) is 53.7 Å². The largest absolute Gasteiger partial charge is 0.359 e. The van der Waals surface area contributed by atoms with Crippen LogP contribution in [-0.2, 0) is 16.6 Å². The minimum Gasteiger partial charge on any atom is -0.359 e. The van der Waals surface area contributed by atoms with E-state index in [0.717, 1.165) is 0 Å². The Morgan fingerprint density at radius 1 is 1.10 bits per heavy atom. The number of aryl methyl sites for hydroxylation is 1. The minimum atomic E-state index is -4.08. The number of rotatable bonds is 6. The van der Waals surface area contributed by atoms with Crippen LogP contribution in [0.2, 0.25) is 0 Å². The molecule has 1 aliphatic rings. The molecule has 0 spiro atoms. The average molecular weight is 433 g/mol. The lowest BCUT2D eigenvalue weighted by molar-refractivity contribution is -0.134. The van der Waals surface area contributed by atoms with Gasteiger partial charge in [-0.3, -0.25) is 9.62 Å². The number of hydrogen-bond donors (Lipinski definition) is 1. The topological polar surface area (TPSA) is 75.4 Å². The number of likely N-dealkylation sites (tertiary alicyclic amines) is 1. The number of alkyl halides is 2. The quantitative estimate of drug-likeness (QED) is 0.630. The van der Waals surface area contributed by atoms with Crippen molar-refractivity contribution in [3.63, 3.8) is 0 Å². The summed E-state index contributed by atoms with van der Waals surface area (Å²) < 4.78 is 61.1. The second-order valence-electron chi connectivity index (χ2n) is 7.48. The summed E-state index contributed by atoms with van der Waals surface area (Å²) in [5.74, 6) is -2.12. The first kappa shape index (κ1) is 20.5. The number of benzene rings is 2. The highest BCUT2D eigenvalue weighted by Crippen LogP contribution is 2.35. The molecule has 3 aromatic rings. The van der Waals surface area contributed by atoms with Gasteiger partial charge in [0.2, 0.25) is 0 Å². The molecule has 0 atom stereocenters. The van der Waals surface area contributed by atoms with Gasteiger partial charge in [0.1, 0.15) is 5.76 Å². The Morgan fingerprint density at radius 2 is 1.80 bits per heavy atom. The van der Waals surface area contributed by atoms with E-state index in [9.17, 15) is 17.2 Å². The summed E-state index contributed by atoms with van der Waals surface area (Å²) in [5.41, 5.74) is 2.23. The van der Waals surface area contributed by atoms with Gasteiger partial charge < -0.3 is 4.52 Å². The van der Waals surface area contributed by atoms with Crippen LogP contribution < -0.4 is 4.72 Å². The lowest BCUT2D eigenvalue weighted by atomic mass is 10.0. The number of halogens is 2. The summed E-state index contributed by atoms with van der Waals surface area (Å²) in [7, 11) is -4.08. The van der Waals surface area contributed by atoms with E-state index in [1.165, 1.54) is 4.90 Å². The normalized spacial score (nSPS) is 16.3. The first-order chi connectivity index (χ1) is 14.2. The van der Waals surface area contributed by atoms with Gasteiger partial charge in [-0.15, -0.1) is 0 Å². The molecule has 1 fully saturated rings. The summed E-state index contributed by atoms with van der Waals surface area (Å²) in [5, 5.41) is 3.79. The van der Waals surface area contributed by atoms with Crippen molar-refractivity contribution in [3.05, 3.63) is 65.4 Å². The second-order valence-corrected chi connectivity index (χ2v) is 9.10. The molecule has 1 N–H and O–H groups in total. The summed E-state index contributed by atoms with van der Waals surface area (Å²) in [4.78, 5) is 1.57. The fourth-order valence-electron chi connectivity index (χ4n) is 3.52. The fraction of sp³-hybridized carbons (Fsp3) is 0.286. The van der Waals surface area contributed by atoms with Crippen molar-refractivity contribution in [2.24, 2.45) is 0 Å². The number of nitrogens with zero attached hydrogens (tertiary/aromatic N) is 2. The van der Waals surface area contributed by atoms with Crippen LogP contribution in [0, 0.1) is 13.8 Å². The number of nitrogens with one attached hydrogen (secondary N) is 1. The van der Waals surface area contributed by atoms with Gasteiger partial charge in [-0.25, -0.2) is 17.2 Å². The Bertz CT molecular complexity index is 1170. The molecular weight excluding hydrogens is 412 g/mol. The van der Waals surface area contributed by atoms with E-state index in [1.54, 1.807) is 44.2 Å². The van der Waals surface area contributed by atoms with Crippen molar-refractivity contribution >= 4 is 15.8 Å². The third kappa shape index (κ3) is 3.95. The molecule has 9 heteroatoms. The molecule has 1 aliphatic heterocycles. The molecule has 0 radical (unpaired) electrons. The van der Waals surface area contributed by atoms with E-state index in [2.05, 4.69) is 9.88 Å². The maximum absolute atomic E-state index is 13.4. The highest BCUT2D eigenvalue weighted by Gasteiger charge is 2.44. The monoisotopic (exact) mass is 433 g/mol. The molecule has 0 aliphatic carbocycles. The maximum atomic E-state index is 13.4. The van der Waals surface area contributed by atoms with Crippen LogP contribution in [0.3, 0.4) is 0 Å². The van der Waals surface area contributed by atoms with E-state index >= 15 is 0 Å². The molecule has 0 bridgehead atoms. The number of aromatic nitrogens is 1. The van der Waals surface area contributed by atoms with Crippen molar-refractivity contribution in [3.8, 4) is 11.1 Å². The molecule has 2 aromatic carbocycles. The second kappa shape index (κ2) is 7.48. The summed E-state index contributed by atoms with van der Waals surface area (Å²) in [6, 6.07) is 14.2. The Morgan fingerprint density at radius 3 is 2.40 bits per heavy atom. The smallest absolute Gasteiger partial charge is 0.272 e. The Balaban J connectivity index is 1.79. The van der Waals surface area contributed by atoms with Crippen molar-refractivity contribution < 1.29 is 21.7 Å². The van der Waals surface area contributed by atoms with Gasteiger partial charge >= 0.3 is 0 Å². The zero-order valence-corrected chi connectivity index (χ0v) is 17.3. The summed E-state index contributed by atoms with van der Waals surface area (Å²) in [6.07, 6.45) is 0. The van der Waals surface area contributed by atoms with Crippen LogP contribution >= 0.6 is 0 Å². The predicted molar refractivity (Wildman–Crippen MR) is 109 cm³/mol. The van der Waals surface area contributed by atoms with Gasteiger partial charge in [0, 0.05) is 17.7 Å². The van der Waals surface area contributed by atoms with Crippen LogP contribution in [0.25, 0.3) is 11.1 Å². The molecule has 6 nitrogen and oxygen atoms in total. The maximum Gasteiger partial charge on any atom is 0.272 e. The van der Waals surface area contributed by atoms with E-state index < -0.39 is 29.0 Å². The molecule has 1 saturated heterocycles. The van der Waals surface area contributed by atoms with Crippen LogP contribution in [0.1, 0.15) is 16.9 Å². The fourth-order valence-corrected chi connectivity index (χ4v) is 5.02. The van der Waals surface area contributed by atoms with E-state index in [-0.39, 0.29) is 17.3 Å². The highest BCUT2D eigenvalue weighted by molar-refractivity contribution is 7.93. The summed E-state index contributed by atoms with van der Waals surface area (Å²) >= 11 is 0. The number of anilines is 1. The van der Waals surface area contributed by atoms with Crippen LogP contribution in [0.4, 0.5) is 14.6 Å². The van der Waals surface area contributed by atoms with Crippen LogP contribution in [0.5, 0.6) is 0 Å². The number of sulfonamides is 1. The Hall–Kier alpha value is -2.78. The molecule has 158 valence electrons. The lowest BCUT2D eigenvalue weighted by Gasteiger charge is -2.39. The molecule has 0 saturated carbocycles. The van der Waals surface area contributed by atoms with Crippen molar-refractivity contribution in [2.45, 2.75) is 31.2 Å². The van der Waals surface area contributed by atoms with Gasteiger partial charge in [0.25, 0.3) is 15.9 Å². The third-order valence-electron chi connectivity index (χ3n) is 5.14. The molecule has 0 amide bonds. The molecule has 30 heavy (non-hydrogen) atoms. The zero-order chi connectivity index (χ0) is 21.5. The molecule has 2 heterocycles. The lowest BCUT2D eigenvalue weighted by Crippen LogP contribution is -2.55. The van der Waals surface area contributed by atoms with E-state index in [1.807, 2.05) is 18.2 Å². The van der Waals surface area contributed by atoms with Gasteiger partial charge in [0.15, 0.2) is 5.82 Å². The van der Waals surface area contributed by atoms with Crippen molar-refractivity contribution in [2.75, 3.05) is 17.8 Å². The van der Waals surface area contributed by atoms with Gasteiger partial charge in [-0.2, -0.15) is 0 Å². The SMILES string of the molecule is Cc1onc(NS(=O)(=O)c2c(CN3CC(F)(F)C3)cccc2-c2ccccc2)c1C. The standard InChI is InChI=1S/C21H21F2N3O3S/c1-14-15(2)29-24-20(14)25-30(27,28)19-17(11-26-12-21(22,23)13-26)9-6-10-18(19)16-7-4-3-5-8-16/h3-10H,11-13H2,1-2H3,(H,24,25). The predicted octanol–water partition coefficient (Wildman–Crippen LogP) is 4.21. The minimum absolute atomic E-state index is 0.0477. The first-order valence-corrected chi connectivity index (χ1v) is 10.9. The highest BCUT2D eigenvalue weighted by atomic mass is 32.2. The Kier molecular flexibility index (Phi) is 5.11. The van der Waals surface area contributed by atoms with Gasteiger partial charge in [0.05, 0.1) is 18.0 Å². The Labute approximate surface area is 173 Å².